The van der Waals surface area contributed by atoms with E-state index in [0.29, 0.717) is 0 Å². The molecule has 0 unspecified atom stereocenters. The van der Waals surface area contributed by atoms with Gasteiger partial charge in [-0.3, -0.25) is 4.79 Å². The Morgan fingerprint density at radius 1 is 1.26 bits per heavy atom. The summed E-state index contributed by atoms with van der Waals surface area (Å²) in [5, 5.41) is 6.04. The average Bonchev–Trinajstić information content (AvgIpc) is 2.38. The molecule has 1 fully saturated rings. The molecule has 1 amide bonds. The van der Waals surface area contributed by atoms with Gasteiger partial charge in [0.05, 0.1) is 5.69 Å². The van der Waals surface area contributed by atoms with Crippen LogP contribution in [0.15, 0.2) is 23.5 Å². The molecule has 1 aromatic rings. The van der Waals surface area contributed by atoms with E-state index in [2.05, 4.69) is 10.6 Å². The van der Waals surface area contributed by atoms with Crippen LogP contribution in [0.3, 0.4) is 0 Å². The first-order valence-electron chi connectivity index (χ1n) is 6.06. The van der Waals surface area contributed by atoms with Crippen molar-refractivity contribution in [3.05, 3.63) is 34.3 Å². The van der Waals surface area contributed by atoms with Gasteiger partial charge in [0.25, 0.3) is 5.91 Å². The van der Waals surface area contributed by atoms with Gasteiger partial charge in [-0.2, -0.15) is 0 Å². The second-order valence-electron chi connectivity index (χ2n) is 4.50. The second-order valence-corrected chi connectivity index (χ2v) is 4.94. The molecule has 1 saturated heterocycles. The van der Waals surface area contributed by atoms with E-state index in [0.717, 1.165) is 31.5 Å². The van der Waals surface area contributed by atoms with Crippen molar-refractivity contribution in [2.24, 2.45) is 0 Å². The predicted octanol–water partition coefficient (Wildman–Crippen LogP) is 2.45. The Morgan fingerprint density at radius 3 is 2.74 bits per heavy atom. The zero-order valence-corrected chi connectivity index (χ0v) is 10.8. The lowest BCUT2D eigenvalue weighted by Gasteiger charge is -2.25. The highest BCUT2D eigenvalue weighted by atomic mass is 35.5. The van der Waals surface area contributed by atoms with Crippen LogP contribution >= 0.6 is 11.6 Å². The summed E-state index contributed by atoms with van der Waals surface area (Å²) in [6, 6.07) is 2.64. The largest absolute Gasteiger partial charge is 0.446 e. The van der Waals surface area contributed by atoms with Crippen molar-refractivity contribution in [1.29, 1.82) is 0 Å². The number of carbonyl (C=O) groups excluding carboxylic acids is 1. The Morgan fingerprint density at radius 2 is 2.00 bits per heavy atom. The van der Waals surface area contributed by atoms with Gasteiger partial charge in [-0.25, -0.2) is 4.39 Å². The molecule has 0 atom stereocenters. The highest BCUT2D eigenvalue weighted by Crippen LogP contribution is 2.37. The van der Waals surface area contributed by atoms with Crippen molar-refractivity contribution in [3.63, 3.8) is 0 Å². The number of anilines is 1. The molecule has 4 nitrogen and oxygen atoms in total. The number of hydrogen-bond acceptors (Lipinski definition) is 3. The van der Waals surface area contributed by atoms with Gasteiger partial charge in [0, 0.05) is 5.02 Å². The fraction of sp³-hybridized carbons (Fsp3) is 0.308. The molecule has 19 heavy (non-hydrogen) atoms. The molecule has 2 N–H and O–H groups in total. The van der Waals surface area contributed by atoms with Crippen LogP contribution in [0.1, 0.15) is 12.8 Å². The van der Waals surface area contributed by atoms with Gasteiger partial charge in [-0.15, -0.1) is 0 Å². The van der Waals surface area contributed by atoms with Crippen LogP contribution in [0.25, 0.3) is 0 Å². The maximum Gasteiger partial charge on any atom is 0.291 e. The maximum absolute atomic E-state index is 13.8. The molecule has 2 heterocycles. The molecule has 0 spiro atoms. The van der Waals surface area contributed by atoms with Crippen LogP contribution in [0.5, 0.6) is 5.75 Å². The normalized spacial score (nSPS) is 18.7. The summed E-state index contributed by atoms with van der Waals surface area (Å²) in [4.78, 5) is 12.0. The molecule has 3 rings (SSSR count). The van der Waals surface area contributed by atoms with Crippen molar-refractivity contribution in [1.82, 2.24) is 5.32 Å². The van der Waals surface area contributed by atoms with E-state index in [1.54, 1.807) is 0 Å². The minimum atomic E-state index is -0.575. The lowest BCUT2D eigenvalue weighted by Crippen LogP contribution is -2.30. The fourth-order valence-corrected chi connectivity index (χ4v) is 2.48. The standard InChI is InChI=1S/C13H12ClFN2O2/c14-8-5-9(15)12-10(6-8)17-13(18)11(19-12)7-1-3-16-4-2-7/h5-6,16H,1-4H2,(H,17,18). The number of nitrogens with one attached hydrogen (secondary N) is 2. The summed E-state index contributed by atoms with van der Waals surface area (Å²) >= 11 is 5.75. The Balaban J connectivity index is 2.02. The van der Waals surface area contributed by atoms with Crippen molar-refractivity contribution >= 4 is 23.2 Å². The van der Waals surface area contributed by atoms with E-state index >= 15 is 0 Å². The maximum atomic E-state index is 13.8. The highest BCUT2D eigenvalue weighted by Gasteiger charge is 2.28. The van der Waals surface area contributed by atoms with Crippen LogP contribution in [-0.2, 0) is 4.79 Å². The van der Waals surface area contributed by atoms with Crippen LogP contribution in [0.2, 0.25) is 5.02 Å². The van der Waals surface area contributed by atoms with E-state index in [1.807, 2.05) is 0 Å². The highest BCUT2D eigenvalue weighted by molar-refractivity contribution is 6.31. The lowest BCUT2D eigenvalue weighted by atomic mass is 10.0. The number of fused-ring (bicyclic) bond motifs is 1. The summed E-state index contributed by atoms with van der Waals surface area (Å²) in [5.74, 6) is -0.666. The number of hydrogen-bond donors (Lipinski definition) is 2. The third-order valence-electron chi connectivity index (χ3n) is 3.20. The monoisotopic (exact) mass is 282 g/mol. The average molecular weight is 283 g/mol. The number of ether oxygens (including phenoxy) is 1. The number of halogens is 2. The topological polar surface area (TPSA) is 50.4 Å². The first kappa shape index (κ1) is 12.4. The Hall–Kier alpha value is -1.59. The van der Waals surface area contributed by atoms with Gasteiger partial charge >= 0.3 is 0 Å². The quantitative estimate of drug-likeness (QED) is 0.719. The van der Waals surface area contributed by atoms with E-state index < -0.39 is 5.82 Å². The van der Waals surface area contributed by atoms with E-state index in [4.69, 9.17) is 16.3 Å². The van der Waals surface area contributed by atoms with Crippen LogP contribution in [-0.4, -0.2) is 19.0 Å². The number of rotatable bonds is 0. The van der Waals surface area contributed by atoms with Crippen LogP contribution in [0, 0.1) is 5.82 Å². The molecule has 0 bridgehead atoms. The molecule has 1 aromatic carbocycles. The molecule has 0 aliphatic carbocycles. The molecule has 0 aromatic heterocycles. The summed E-state index contributed by atoms with van der Waals surface area (Å²) in [7, 11) is 0. The zero-order chi connectivity index (χ0) is 13.4. The molecule has 0 radical (unpaired) electrons. The number of piperidine rings is 1. The van der Waals surface area contributed by atoms with Crippen LogP contribution < -0.4 is 15.4 Å². The van der Waals surface area contributed by atoms with Crippen LogP contribution in [0.4, 0.5) is 10.1 Å². The summed E-state index contributed by atoms with van der Waals surface area (Å²) in [6.07, 6.45) is 1.46. The van der Waals surface area contributed by atoms with E-state index in [-0.39, 0.29) is 28.1 Å². The molecule has 0 saturated carbocycles. The molecule has 2 aliphatic rings. The van der Waals surface area contributed by atoms with Gasteiger partial charge in [0.15, 0.2) is 17.3 Å². The van der Waals surface area contributed by atoms with Gasteiger partial charge in [0.2, 0.25) is 0 Å². The van der Waals surface area contributed by atoms with Crippen molar-refractivity contribution in [2.75, 3.05) is 18.4 Å². The number of amides is 1. The minimum absolute atomic E-state index is 0.0324. The fourth-order valence-electron chi connectivity index (χ4n) is 2.27. The molecule has 100 valence electrons. The van der Waals surface area contributed by atoms with Gasteiger partial charge < -0.3 is 15.4 Å². The number of carbonyl (C=O) groups is 1. The Bertz CT molecular complexity index is 578. The first-order chi connectivity index (χ1) is 9.15. The third kappa shape index (κ3) is 2.31. The first-order valence-corrected chi connectivity index (χ1v) is 6.44. The molecular formula is C13H12ClFN2O2. The van der Waals surface area contributed by atoms with Crippen molar-refractivity contribution in [2.45, 2.75) is 12.8 Å². The molecule has 2 aliphatic heterocycles. The minimum Gasteiger partial charge on any atom is -0.446 e. The van der Waals surface area contributed by atoms with Gasteiger partial charge in [-0.1, -0.05) is 11.6 Å². The Labute approximate surface area is 114 Å². The third-order valence-corrected chi connectivity index (χ3v) is 3.41. The SMILES string of the molecule is O=C1Nc2cc(Cl)cc(F)c2OC1=C1CCNCC1. The second kappa shape index (κ2) is 4.83. The van der Waals surface area contributed by atoms with Gasteiger partial charge in [0.1, 0.15) is 0 Å². The van der Waals surface area contributed by atoms with E-state index in [1.165, 1.54) is 12.1 Å². The van der Waals surface area contributed by atoms with Crippen molar-refractivity contribution < 1.29 is 13.9 Å². The summed E-state index contributed by atoms with van der Waals surface area (Å²) in [5.41, 5.74) is 1.18. The Kier molecular flexibility index (Phi) is 3.16. The van der Waals surface area contributed by atoms with Gasteiger partial charge in [-0.05, 0) is 43.6 Å². The summed E-state index contributed by atoms with van der Waals surface area (Å²) in [6.45, 7) is 1.59. The smallest absolute Gasteiger partial charge is 0.291 e. The lowest BCUT2D eigenvalue weighted by molar-refractivity contribution is -0.115. The molecule has 6 heteroatoms. The zero-order valence-electron chi connectivity index (χ0n) is 10.1. The summed E-state index contributed by atoms with van der Waals surface area (Å²) < 4.78 is 19.3. The predicted molar refractivity (Wildman–Crippen MR) is 69.8 cm³/mol. The molecular weight excluding hydrogens is 271 g/mol. The van der Waals surface area contributed by atoms with Crippen molar-refractivity contribution in [3.8, 4) is 5.75 Å². The number of benzene rings is 1. The van der Waals surface area contributed by atoms with E-state index in [9.17, 15) is 9.18 Å².